The van der Waals surface area contributed by atoms with Crippen molar-refractivity contribution in [1.82, 2.24) is 15.1 Å². The van der Waals surface area contributed by atoms with E-state index in [0.717, 1.165) is 32.2 Å². The largest absolute Gasteiger partial charge is 0.396 e. The summed E-state index contributed by atoms with van der Waals surface area (Å²) < 4.78 is 0. The zero-order valence-corrected chi connectivity index (χ0v) is 16.5. The first-order valence-corrected chi connectivity index (χ1v) is 9.78. The molecule has 0 aliphatic carbocycles. The second-order valence-electron chi connectivity index (χ2n) is 6.84. The number of hydrogen-bond donors (Lipinski definition) is 2. The standard InChI is InChI=1S/C13H27N3O.C6H14O/c1-4-7-16(10-12(11-17)14-2)13-5-8-15(3)9-6-13;1-2-3-4-5-6-7/h11-14H,4-10H2,1-3H3;7H,2-6H2,1H3. The molecule has 0 bridgehead atoms. The Kier molecular flexibility index (Phi) is 15.7. The van der Waals surface area contributed by atoms with Gasteiger partial charge in [0.25, 0.3) is 0 Å². The number of likely N-dealkylation sites (tertiary alicyclic amines) is 1. The van der Waals surface area contributed by atoms with Gasteiger partial charge in [0.1, 0.15) is 6.29 Å². The minimum Gasteiger partial charge on any atom is -0.396 e. The molecule has 1 aliphatic rings. The maximum Gasteiger partial charge on any atom is 0.138 e. The van der Waals surface area contributed by atoms with Crippen molar-refractivity contribution in [2.24, 2.45) is 0 Å². The first-order valence-electron chi connectivity index (χ1n) is 9.78. The molecule has 2 N–H and O–H groups in total. The van der Waals surface area contributed by atoms with Crippen molar-refractivity contribution in [2.45, 2.75) is 70.9 Å². The SMILES string of the molecule is CCCCCCO.CCCN(CC(C=O)NC)C1CCN(C)CC1. The minimum absolute atomic E-state index is 0.0267. The zero-order valence-electron chi connectivity index (χ0n) is 16.5. The highest BCUT2D eigenvalue weighted by atomic mass is 16.2. The summed E-state index contributed by atoms with van der Waals surface area (Å²) >= 11 is 0. The van der Waals surface area contributed by atoms with Crippen LogP contribution >= 0.6 is 0 Å². The Balaban J connectivity index is 0.000000640. The van der Waals surface area contributed by atoms with Crippen molar-refractivity contribution in [2.75, 3.05) is 46.9 Å². The quantitative estimate of drug-likeness (QED) is 0.445. The van der Waals surface area contributed by atoms with Gasteiger partial charge in [-0.25, -0.2) is 0 Å². The van der Waals surface area contributed by atoms with Crippen molar-refractivity contribution >= 4 is 6.29 Å². The molecule has 144 valence electrons. The Morgan fingerprint density at radius 3 is 2.33 bits per heavy atom. The van der Waals surface area contributed by atoms with E-state index in [4.69, 9.17) is 5.11 Å². The molecule has 24 heavy (non-hydrogen) atoms. The van der Waals surface area contributed by atoms with Crippen LogP contribution < -0.4 is 5.32 Å². The lowest BCUT2D eigenvalue weighted by atomic mass is 10.0. The summed E-state index contributed by atoms with van der Waals surface area (Å²) in [5.74, 6) is 0. The number of piperidine rings is 1. The van der Waals surface area contributed by atoms with Crippen LogP contribution in [0, 0.1) is 0 Å². The normalized spacial score (nSPS) is 17.4. The molecule has 1 aliphatic heterocycles. The number of nitrogens with zero attached hydrogens (tertiary/aromatic N) is 2. The molecule has 5 nitrogen and oxygen atoms in total. The van der Waals surface area contributed by atoms with Gasteiger partial charge in [0.15, 0.2) is 0 Å². The smallest absolute Gasteiger partial charge is 0.138 e. The predicted molar refractivity (Wildman–Crippen MR) is 103 cm³/mol. The lowest BCUT2D eigenvalue weighted by Crippen LogP contribution is -2.49. The number of nitrogens with one attached hydrogen (secondary N) is 1. The van der Waals surface area contributed by atoms with Crippen LogP contribution in [0.25, 0.3) is 0 Å². The second kappa shape index (κ2) is 16.0. The third kappa shape index (κ3) is 11.1. The van der Waals surface area contributed by atoms with Crippen molar-refractivity contribution in [1.29, 1.82) is 0 Å². The van der Waals surface area contributed by atoms with E-state index >= 15 is 0 Å². The number of hydrogen-bond acceptors (Lipinski definition) is 5. The average Bonchev–Trinajstić information content (AvgIpc) is 2.60. The Morgan fingerprint density at radius 2 is 1.88 bits per heavy atom. The summed E-state index contributed by atoms with van der Waals surface area (Å²) in [6, 6.07) is 0.628. The summed E-state index contributed by atoms with van der Waals surface area (Å²) in [5, 5.41) is 11.4. The van der Waals surface area contributed by atoms with Crippen LogP contribution in [-0.4, -0.2) is 80.2 Å². The first kappa shape index (κ1) is 23.5. The van der Waals surface area contributed by atoms with Gasteiger partial charge < -0.3 is 20.1 Å². The van der Waals surface area contributed by atoms with Crippen LogP contribution in [0.4, 0.5) is 0 Å². The molecule has 1 heterocycles. The molecule has 0 amide bonds. The molecule has 0 aromatic rings. The Labute approximate surface area is 149 Å². The average molecular weight is 344 g/mol. The lowest BCUT2D eigenvalue weighted by Gasteiger charge is -2.38. The van der Waals surface area contributed by atoms with E-state index in [2.05, 4.69) is 36.0 Å². The van der Waals surface area contributed by atoms with Crippen LogP contribution in [0.2, 0.25) is 0 Å². The lowest BCUT2D eigenvalue weighted by molar-refractivity contribution is -0.110. The van der Waals surface area contributed by atoms with Crippen LogP contribution in [0.15, 0.2) is 0 Å². The van der Waals surface area contributed by atoms with Gasteiger partial charge in [-0.3, -0.25) is 4.90 Å². The maximum absolute atomic E-state index is 10.9. The van der Waals surface area contributed by atoms with Crippen molar-refractivity contribution in [3.63, 3.8) is 0 Å². The molecule has 1 atom stereocenters. The van der Waals surface area contributed by atoms with E-state index in [1.807, 2.05) is 7.05 Å². The highest BCUT2D eigenvalue weighted by Crippen LogP contribution is 2.16. The third-order valence-electron chi connectivity index (χ3n) is 4.69. The second-order valence-corrected chi connectivity index (χ2v) is 6.84. The van der Waals surface area contributed by atoms with Crippen molar-refractivity contribution in [3.05, 3.63) is 0 Å². The van der Waals surface area contributed by atoms with Crippen LogP contribution in [0.3, 0.4) is 0 Å². The topological polar surface area (TPSA) is 55.8 Å². The van der Waals surface area contributed by atoms with E-state index in [0.29, 0.717) is 12.6 Å². The van der Waals surface area contributed by atoms with Crippen molar-refractivity contribution < 1.29 is 9.90 Å². The van der Waals surface area contributed by atoms with E-state index in [1.165, 1.54) is 45.2 Å². The summed E-state index contributed by atoms with van der Waals surface area (Å²) in [7, 11) is 4.04. The number of unbranched alkanes of at least 4 members (excludes halogenated alkanes) is 3. The van der Waals surface area contributed by atoms with Crippen LogP contribution in [-0.2, 0) is 4.79 Å². The van der Waals surface area contributed by atoms with Gasteiger partial charge in [-0.05, 0) is 59.4 Å². The van der Waals surface area contributed by atoms with Crippen LogP contribution in [0.1, 0.15) is 58.8 Å². The molecule has 0 saturated carbocycles. The van der Waals surface area contributed by atoms with Gasteiger partial charge in [0.05, 0.1) is 6.04 Å². The Hall–Kier alpha value is -0.490. The number of carbonyl (C=O) groups is 1. The van der Waals surface area contributed by atoms with Gasteiger partial charge in [-0.2, -0.15) is 0 Å². The highest BCUT2D eigenvalue weighted by Gasteiger charge is 2.24. The molecule has 0 spiro atoms. The number of aldehydes is 1. The number of aliphatic hydroxyl groups is 1. The Bertz CT molecular complexity index is 278. The van der Waals surface area contributed by atoms with Crippen molar-refractivity contribution in [3.8, 4) is 0 Å². The fourth-order valence-electron chi connectivity index (χ4n) is 3.06. The molecule has 1 unspecified atom stereocenters. The predicted octanol–water partition coefficient (Wildman–Crippen LogP) is 2.14. The van der Waals surface area contributed by atoms with E-state index in [9.17, 15) is 4.79 Å². The molecule has 1 fully saturated rings. The van der Waals surface area contributed by atoms with E-state index in [1.54, 1.807) is 0 Å². The fraction of sp³-hybridized carbons (Fsp3) is 0.947. The monoisotopic (exact) mass is 343 g/mol. The zero-order chi connectivity index (χ0) is 18.2. The number of likely N-dealkylation sites (N-methyl/N-ethyl adjacent to an activating group) is 1. The molecule has 0 aromatic heterocycles. The van der Waals surface area contributed by atoms with Gasteiger partial charge in [-0.1, -0.05) is 33.1 Å². The molecule has 0 radical (unpaired) electrons. The van der Waals surface area contributed by atoms with Gasteiger partial charge in [0.2, 0.25) is 0 Å². The molecular weight excluding hydrogens is 302 g/mol. The summed E-state index contributed by atoms with van der Waals surface area (Å²) in [4.78, 5) is 15.8. The highest BCUT2D eigenvalue weighted by molar-refractivity contribution is 5.57. The molecule has 1 saturated heterocycles. The maximum atomic E-state index is 10.9. The number of aliphatic hydroxyl groups excluding tert-OH is 1. The van der Waals surface area contributed by atoms with Crippen LogP contribution in [0.5, 0.6) is 0 Å². The van der Waals surface area contributed by atoms with Gasteiger partial charge >= 0.3 is 0 Å². The summed E-state index contributed by atoms with van der Waals surface area (Å²) in [6.07, 6.45) is 9.32. The van der Waals surface area contributed by atoms with E-state index < -0.39 is 0 Å². The van der Waals surface area contributed by atoms with Gasteiger partial charge in [-0.15, -0.1) is 0 Å². The molecule has 5 heteroatoms. The number of carbonyl (C=O) groups excluding carboxylic acids is 1. The summed E-state index contributed by atoms with van der Waals surface area (Å²) in [6.45, 7) is 9.03. The van der Waals surface area contributed by atoms with E-state index in [-0.39, 0.29) is 6.04 Å². The number of rotatable bonds is 11. The third-order valence-corrected chi connectivity index (χ3v) is 4.69. The molecule has 0 aromatic carbocycles. The summed E-state index contributed by atoms with van der Waals surface area (Å²) in [5.41, 5.74) is 0. The molecule has 1 rings (SSSR count). The first-order chi connectivity index (χ1) is 11.6. The Morgan fingerprint density at radius 1 is 1.21 bits per heavy atom. The molecular formula is C19H41N3O2. The fourth-order valence-corrected chi connectivity index (χ4v) is 3.06. The minimum atomic E-state index is -0.0267. The van der Waals surface area contributed by atoms with Gasteiger partial charge in [0, 0.05) is 19.2 Å².